The lowest BCUT2D eigenvalue weighted by Gasteiger charge is -2.12. The average Bonchev–Trinajstić information content (AvgIpc) is 2.71. The number of aryl methyl sites for hydroxylation is 4. The van der Waals surface area contributed by atoms with Crippen LogP contribution in [0.2, 0.25) is 0 Å². The van der Waals surface area contributed by atoms with Gasteiger partial charge in [0.1, 0.15) is 5.69 Å². The van der Waals surface area contributed by atoms with E-state index in [1.165, 1.54) is 0 Å². The van der Waals surface area contributed by atoms with Gasteiger partial charge in [0.15, 0.2) is 0 Å². The standard InChI is InChI=1S/C15H18N2OS/c1-5-12-8-6-7-9(2)13(12)17-15(18)14-10(3)19-11(4)16-14/h6-8H,5H2,1-4H3,(H,17,18). The van der Waals surface area contributed by atoms with Crippen LogP contribution in [0.15, 0.2) is 18.2 Å². The van der Waals surface area contributed by atoms with Gasteiger partial charge in [0.25, 0.3) is 5.91 Å². The molecule has 2 aromatic rings. The maximum Gasteiger partial charge on any atom is 0.275 e. The Hall–Kier alpha value is -1.68. The molecule has 1 N–H and O–H groups in total. The van der Waals surface area contributed by atoms with E-state index in [2.05, 4.69) is 17.2 Å². The molecule has 4 heteroatoms. The Morgan fingerprint density at radius 2 is 2.05 bits per heavy atom. The van der Waals surface area contributed by atoms with E-state index >= 15 is 0 Å². The maximum atomic E-state index is 12.3. The van der Waals surface area contributed by atoms with E-state index in [4.69, 9.17) is 0 Å². The van der Waals surface area contributed by atoms with Gasteiger partial charge in [-0.25, -0.2) is 4.98 Å². The first-order valence-electron chi connectivity index (χ1n) is 6.36. The molecule has 100 valence electrons. The van der Waals surface area contributed by atoms with Crippen LogP contribution in [0.1, 0.15) is 38.4 Å². The summed E-state index contributed by atoms with van der Waals surface area (Å²) < 4.78 is 0. The molecule has 1 aromatic carbocycles. The lowest BCUT2D eigenvalue weighted by Crippen LogP contribution is -2.15. The predicted octanol–water partition coefficient (Wildman–Crippen LogP) is 3.88. The number of aromatic nitrogens is 1. The molecule has 0 saturated carbocycles. The Balaban J connectivity index is 2.31. The van der Waals surface area contributed by atoms with Gasteiger partial charge in [0.05, 0.1) is 5.01 Å². The van der Waals surface area contributed by atoms with Crippen molar-refractivity contribution in [3.8, 4) is 0 Å². The van der Waals surface area contributed by atoms with E-state index in [9.17, 15) is 4.79 Å². The first-order chi connectivity index (χ1) is 9.02. The van der Waals surface area contributed by atoms with Gasteiger partial charge in [-0.3, -0.25) is 4.79 Å². The van der Waals surface area contributed by atoms with E-state index in [-0.39, 0.29) is 5.91 Å². The normalized spacial score (nSPS) is 10.5. The number of carbonyl (C=O) groups excluding carboxylic acids is 1. The lowest BCUT2D eigenvalue weighted by molar-refractivity contribution is 0.102. The van der Waals surface area contributed by atoms with Crippen LogP contribution in [-0.4, -0.2) is 10.9 Å². The molecule has 2 rings (SSSR count). The van der Waals surface area contributed by atoms with Gasteiger partial charge in [0, 0.05) is 10.6 Å². The maximum absolute atomic E-state index is 12.3. The molecule has 0 radical (unpaired) electrons. The van der Waals surface area contributed by atoms with Crippen molar-refractivity contribution >= 4 is 22.9 Å². The van der Waals surface area contributed by atoms with Crippen LogP contribution in [0.5, 0.6) is 0 Å². The second kappa shape index (κ2) is 5.53. The number of amides is 1. The number of carbonyl (C=O) groups is 1. The summed E-state index contributed by atoms with van der Waals surface area (Å²) in [5.74, 6) is -0.120. The number of nitrogens with one attached hydrogen (secondary N) is 1. The number of hydrogen-bond acceptors (Lipinski definition) is 3. The van der Waals surface area contributed by atoms with Crippen LogP contribution in [0.25, 0.3) is 0 Å². The SMILES string of the molecule is CCc1cccc(C)c1NC(=O)c1nc(C)sc1C. The van der Waals surface area contributed by atoms with Gasteiger partial charge in [-0.2, -0.15) is 0 Å². The Morgan fingerprint density at radius 3 is 2.63 bits per heavy atom. The fourth-order valence-corrected chi connectivity index (χ4v) is 2.93. The summed E-state index contributed by atoms with van der Waals surface area (Å²) >= 11 is 1.55. The molecule has 1 amide bonds. The Labute approximate surface area is 117 Å². The van der Waals surface area contributed by atoms with Crippen LogP contribution in [0, 0.1) is 20.8 Å². The monoisotopic (exact) mass is 274 g/mol. The summed E-state index contributed by atoms with van der Waals surface area (Å²) in [7, 11) is 0. The summed E-state index contributed by atoms with van der Waals surface area (Å²) in [6.45, 7) is 7.94. The number of thiazole rings is 1. The van der Waals surface area contributed by atoms with Gasteiger partial charge in [-0.15, -0.1) is 11.3 Å². The van der Waals surface area contributed by atoms with E-state index < -0.39 is 0 Å². The van der Waals surface area contributed by atoms with Crippen LogP contribution in [-0.2, 0) is 6.42 Å². The van der Waals surface area contributed by atoms with Crippen molar-refractivity contribution in [2.75, 3.05) is 5.32 Å². The third-order valence-electron chi connectivity index (χ3n) is 3.10. The highest BCUT2D eigenvalue weighted by Crippen LogP contribution is 2.23. The molecule has 3 nitrogen and oxygen atoms in total. The van der Waals surface area contributed by atoms with Crippen molar-refractivity contribution in [3.05, 3.63) is 44.9 Å². The van der Waals surface area contributed by atoms with Gasteiger partial charge < -0.3 is 5.32 Å². The van der Waals surface area contributed by atoms with Crippen LogP contribution >= 0.6 is 11.3 Å². The summed E-state index contributed by atoms with van der Waals surface area (Å²) in [5, 5.41) is 3.92. The lowest BCUT2D eigenvalue weighted by atomic mass is 10.1. The molecule has 1 heterocycles. The van der Waals surface area contributed by atoms with Gasteiger partial charge in [0.2, 0.25) is 0 Å². The summed E-state index contributed by atoms with van der Waals surface area (Å²) in [5.41, 5.74) is 3.68. The summed E-state index contributed by atoms with van der Waals surface area (Å²) in [6, 6.07) is 6.07. The second-order valence-corrected chi connectivity index (χ2v) is 5.96. The number of rotatable bonds is 3. The molecule has 0 spiro atoms. The Bertz CT molecular complexity index is 617. The van der Waals surface area contributed by atoms with Crippen LogP contribution in [0.3, 0.4) is 0 Å². The molecule has 0 fully saturated rings. The summed E-state index contributed by atoms with van der Waals surface area (Å²) in [6.07, 6.45) is 0.895. The van der Waals surface area contributed by atoms with Crippen molar-refractivity contribution in [2.24, 2.45) is 0 Å². The van der Waals surface area contributed by atoms with E-state index in [0.717, 1.165) is 33.1 Å². The van der Waals surface area contributed by atoms with Gasteiger partial charge in [-0.1, -0.05) is 25.1 Å². The Morgan fingerprint density at radius 1 is 1.32 bits per heavy atom. The van der Waals surface area contributed by atoms with Crippen molar-refractivity contribution < 1.29 is 4.79 Å². The fourth-order valence-electron chi connectivity index (χ4n) is 2.11. The number of hydrogen-bond donors (Lipinski definition) is 1. The molecular weight excluding hydrogens is 256 g/mol. The van der Waals surface area contributed by atoms with Crippen molar-refractivity contribution in [1.29, 1.82) is 0 Å². The molecule has 0 aliphatic heterocycles. The smallest absolute Gasteiger partial charge is 0.275 e. The third-order valence-corrected chi connectivity index (χ3v) is 3.98. The summed E-state index contributed by atoms with van der Waals surface area (Å²) in [4.78, 5) is 17.6. The largest absolute Gasteiger partial charge is 0.320 e. The molecule has 0 aliphatic rings. The number of anilines is 1. The van der Waals surface area contributed by atoms with E-state index in [0.29, 0.717) is 5.69 Å². The molecule has 1 aromatic heterocycles. The zero-order chi connectivity index (χ0) is 14.0. The molecule has 0 unspecified atom stereocenters. The highest BCUT2D eigenvalue weighted by atomic mass is 32.1. The number of benzene rings is 1. The third kappa shape index (κ3) is 2.84. The minimum Gasteiger partial charge on any atom is -0.320 e. The van der Waals surface area contributed by atoms with Gasteiger partial charge in [-0.05, 0) is 38.3 Å². The molecule has 0 saturated heterocycles. The Kier molecular flexibility index (Phi) is 4.00. The molecule has 0 bridgehead atoms. The molecule has 0 aliphatic carbocycles. The first-order valence-corrected chi connectivity index (χ1v) is 7.18. The quantitative estimate of drug-likeness (QED) is 0.922. The van der Waals surface area contributed by atoms with Crippen molar-refractivity contribution in [2.45, 2.75) is 34.1 Å². The molecule has 0 atom stereocenters. The number of para-hydroxylation sites is 1. The number of nitrogens with zero attached hydrogens (tertiary/aromatic N) is 1. The predicted molar refractivity (Wildman–Crippen MR) is 80.1 cm³/mol. The van der Waals surface area contributed by atoms with Gasteiger partial charge >= 0.3 is 0 Å². The van der Waals surface area contributed by atoms with Crippen LogP contribution in [0.4, 0.5) is 5.69 Å². The zero-order valence-corrected chi connectivity index (χ0v) is 12.5. The average molecular weight is 274 g/mol. The zero-order valence-electron chi connectivity index (χ0n) is 11.7. The van der Waals surface area contributed by atoms with Crippen molar-refractivity contribution in [1.82, 2.24) is 4.98 Å². The first kappa shape index (κ1) is 13.7. The topological polar surface area (TPSA) is 42.0 Å². The molecular formula is C15H18N2OS. The second-order valence-electron chi connectivity index (χ2n) is 4.55. The van der Waals surface area contributed by atoms with Crippen molar-refractivity contribution in [3.63, 3.8) is 0 Å². The van der Waals surface area contributed by atoms with E-state index in [1.54, 1.807) is 11.3 Å². The highest BCUT2D eigenvalue weighted by Gasteiger charge is 2.16. The van der Waals surface area contributed by atoms with Crippen LogP contribution < -0.4 is 5.32 Å². The van der Waals surface area contributed by atoms with E-state index in [1.807, 2.05) is 39.0 Å². The highest BCUT2D eigenvalue weighted by molar-refractivity contribution is 7.11. The fraction of sp³-hybridized carbons (Fsp3) is 0.333. The molecule has 19 heavy (non-hydrogen) atoms. The minimum absolute atomic E-state index is 0.120. The minimum atomic E-state index is -0.120.